The van der Waals surface area contributed by atoms with Crippen LogP contribution in [0.2, 0.25) is 0 Å². The summed E-state index contributed by atoms with van der Waals surface area (Å²) < 4.78 is 0. The Morgan fingerprint density at radius 1 is 0.333 bits per heavy atom. The maximum atomic E-state index is 2.00. The molecule has 0 saturated carbocycles. The summed E-state index contributed by atoms with van der Waals surface area (Å²) in [4.78, 5) is 0. The van der Waals surface area contributed by atoms with Crippen LogP contribution in [-0.4, -0.2) is 0 Å². The van der Waals surface area contributed by atoms with E-state index in [2.05, 4.69) is 0 Å². The summed E-state index contributed by atoms with van der Waals surface area (Å²) in [5, 5.41) is 0. The van der Waals surface area contributed by atoms with Gasteiger partial charge in [-0.3, -0.25) is 0 Å². The minimum absolute atomic E-state index is 0. The molecule has 0 N–H and O–H groups in total. The molecule has 0 amide bonds. The Balaban J connectivity index is -0.000000000500. The predicted molar refractivity (Wildman–Crippen MR) is 35.5 cm³/mol. The molecule has 0 aliphatic carbocycles. The second-order valence-electron chi connectivity index (χ2n) is 0. The van der Waals surface area contributed by atoms with E-state index in [0.717, 1.165) is 0 Å². The van der Waals surface area contributed by atoms with Crippen LogP contribution in [0.5, 0.6) is 0 Å². The van der Waals surface area contributed by atoms with Gasteiger partial charge in [-0.1, -0.05) is 27.7 Å². The van der Waals surface area contributed by atoms with E-state index in [1.165, 1.54) is 0 Å². The summed E-state index contributed by atoms with van der Waals surface area (Å²) >= 11 is 0. The van der Waals surface area contributed by atoms with Crippen molar-refractivity contribution in [1.82, 2.24) is 0 Å². The third-order valence-corrected chi connectivity index (χ3v) is 0. The molecule has 0 aromatic rings. The van der Waals surface area contributed by atoms with Crippen LogP contribution in [0.3, 0.4) is 0 Å². The first-order valence-corrected chi connectivity index (χ1v) is 2.00. The van der Waals surface area contributed by atoms with Gasteiger partial charge in [0.05, 0.1) is 0 Å². The third-order valence-electron chi connectivity index (χ3n) is 0. The molecule has 0 aliphatic rings. The Kier molecular flexibility index (Phi) is 720. The minimum Gasteiger partial charge on any atom is -0.358 e. The van der Waals surface area contributed by atoms with Gasteiger partial charge in [0.25, 0.3) is 0 Å². The van der Waals surface area contributed by atoms with Crippen LogP contribution in [0.4, 0.5) is 0 Å². The van der Waals surface area contributed by atoms with E-state index in [0.29, 0.717) is 0 Å². The molecular weight excluding hydrogens is 606 g/mol. The molecule has 0 spiro atoms. The molecule has 0 nitrogen and oxygen atoms in total. The first-order chi connectivity index (χ1) is 2.00. The fraction of sp³-hybridized carbons (Fsp3) is 0.667. The summed E-state index contributed by atoms with van der Waals surface area (Å²) in [7, 11) is 0. The van der Waals surface area contributed by atoms with Gasteiger partial charge in [0.15, 0.2) is 0 Å². The third kappa shape index (κ3) is 92.5. The average molecular weight is 624 g/mol. The summed E-state index contributed by atoms with van der Waals surface area (Å²) in [5.41, 5.74) is 0. The number of rotatable bonds is 0. The van der Waals surface area contributed by atoms with E-state index in [1.54, 1.807) is 0 Å². The maximum Gasteiger partial charge on any atom is 0 e. The minimum atomic E-state index is 0. The van der Waals surface area contributed by atoms with Crippen molar-refractivity contribution in [3.8, 4) is 0 Å². The van der Waals surface area contributed by atoms with E-state index >= 15 is 0 Å². The van der Waals surface area contributed by atoms with Crippen molar-refractivity contribution in [2.75, 3.05) is 0 Å². The Morgan fingerprint density at radius 3 is 0.333 bits per heavy atom. The fourth-order valence-corrected chi connectivity index (χ4v) is 0. The van der Waals surface area contributed by atoms with Crippen molar-refractivity contribution in [2.24, 2.45) is 0 Å². The Hall–Kier alpha value is 6.62. The van der Waals surface area contributed by atoms with E-state index in [4.69, 9.17) is 0 Å². The van der Waals surface area contributed by atoms with Crippen molar-refractivity contribution in [3.63, 3.8) is 0 Å². The van der Waals surface area contributed by atoms with Crippen molar-refractivity contribution in [2.45, 2.75) is 27.7 Å². The van der Waals surface area contributed by atoms with Gasteiger partial charge in [-0.15, -0.1) is 0 Å². The molecule has 0 saturated heterocycles. The Bertz CT molecular complexity index is 12.0. The first-order valence-electron chi connectivity index (χ1n) is 2.00. The largest absolute Gasteiger partial charge is 0.358 e. The van der Waals surface area contributed by atoms with Gasteiger partial charge in [-0.2, -0.15) is 0 Å². The molecule has 0 fully saturated rings. The molecule has 0 atom stereocenters. The van der Waals surface area contributed by atoms with Gasteiger partial charge < -0.3 is 14.9 Å². The van der Waals surface area contributed by atoms with Crippen molar-refractivity contribution >= 4 is 0 Å². The first kappa shape index (κ1) is 77.8. The van der Waals surface area contributed by atoms with Crippen LogP contribution in [-0.2, 0) is 196 Å². The van der Waals surface area contributed by atoms with E-state index < -0.39 is 0 Å². The number of hydrogen-bond donors (Lipinski definition) is 0. The molecule has 6 heteroatoms. The second-order valence-corrected chi connectivity index (χ2v) is 0. The topological polar surface area (TPSA) is 0 Å². The van der Waals surface area contributed by atoms with Crippen molar-refractivity contribution in [3.05, 3.63) is 14.9 Å². The summed E-state index contributed by atoms with van der Waals surface area (Å²) in [6, 6.07) is 0. The smallest absolute Gasteiger partial charge is 0 e. The molecule has 62 valence electrons. The fourth-order valence-electron chi connectivity index (χ4n) is 0. The zero-order valence-electron chi connectivity index (χ0n) is 9.46. The normalized spacial score (nSPS) is 1.00. The molecule has 6 radical (unpaired) electrons. The van der Waals surface area contributed by atoms with E-state index in [9.17, 15) is 0 Å². The molecule has 0 unspecified atom stereocenters. The molecule has 0 bridgehead atoms. The standard InChI is InChI=1S/2C2H6.2CH3.6Y/c2*1-2;;;;;;;;/h2*1-2H3;2*1H3;;;;;;/q;;2*-1;;;;;;. The van der Waals surface area contributed by atoms with Gasteiger partial charge in [0.1, 0.15) is 0 Å². The van der Waals surface area contributed by atoms with Gasteiger partial charge in [-0.05, 0) is 0 Å². The quantitative estimate of drug-likeness (QED) is 0.365. The second kappa shape index (κ2) is 111. The van der Waals surface area contributed by atoms with Crippen molar-refractivity contribution < 1.29 is 196 Å². The van der Waals surface area contributed by atoms with Crippen LogP contribution < -0.4 is 0 Å². The van der Waals surface area contributed by atoms with Crippen LogP contribution in [0.1, 0.15) is 27.7 Å². The van der Waals surface area contributed by atoms with Gasteiger partial charge in [0, 0.05) is 196 Å². The van der Waals surface area contributed by atoms with Crippen LogP contribution in [0.25, 0.3) is 0 Å². The summed E-state index contributed by atoms with van der Waals surface area (Å²) in [6.07, 6.45) is 0. The Morgan fingerprint density at radius 2 is 0.333 bits per heavy atom. The SMILES string of the molecule is CC.CC.[CH3-].[CH3-].[Y].[Y].[Y].[Y].[Y].[Y]. The van der Waals surface area contributed by atoms with Gasteiger partial charge in [-0.25, -0.2) is 0 Å². The molecule has 12 heavy (non-hydrogen) atoms. The molecule has 0 rings (SSSR count). The average Bonchev–Trinajstić information content (AvgIpc) is 1.50. The molecular formula is C6H18Y6-2. The van der Waals surface area contributed by atoms with Crippen LogP contribution in [0, 0.1) is 14.9 Å². The zero-order chi connectivity index (χ0) is 4.00. The Labute approximate surface area is 232 Å². The predicted octanol–water partition coefficient (Wildman–Crippen LogP) is 2.94. The van der Waals surface area contributed by atoms with E-state index in [-0.39, 0.29) is 211 Å². The summed E-state index contributed by atoms with van der Waals surface area (Å²) in [6.45, 7) is 8.00. The number of hydrogen-bond acceptors (Lipinski definition) is 0. The molecule has 0 aromatic heterocycles. The van der Waals surface area contributed by atoms with Gasteiger partial charge >= 0.3 is 0 Å². The molecule has 0 aromatic carbocycles. The van der Waals surface area contributed by atoms with E-state index in [1.807, 2.05) is 27.7 Å². The van der Waals surface area contributed by atoms with Gasteiger partial charge in [0.2, 0.25) is 0 Å². The molecule has 0 heterocycles. The molecule has 0 aliphatic heterocycles. The van der Waals surface area contributed by atoms with Crippen LogP contribution in [0.15, 0.2) is 0 Å². The zero-order valence-corrected chi connectivity index (χ0v) is 26.5. The van der Waals surface area contributed by atoms with Crippen molar-refractivity contribution in [1.29, 1.82) is 0 Å². The summed E-state index contributed by atoms with van der Waals surface area (Å²) in [5.74, 6) is 0. The maximum absolute atomic E-state index is 2.00. The van der Waals surface area contributed by atoms with Crippen LogP contribution >= 0.6 is 0 Å². The monoisotopic (exact) mass is 624 g/mol.